The van der Waals surface area contributed by atoms with Gasteiger partial charge in [-0.1, -0.05) is 51.9 Å². The van der Waals surface area contributed by atoms with Crippen LogP contribution in [-0.2, 0) is 0 Å². The normalized spacial score (nSPS) is 10.8. The zero-order chi connectivity index (χ0) is 13.2. The third-order valence-electron chi connectivity index (χ3n) is 3.18. The summed E-state index contributed by atoms with van der Waals surface area (Å²) in [6, 6.07) is 1.65. The van der Waals surface area contributed by atoms with Crippen LogP contribution in [0.1, 0.15) is 75.1 Å². The van der Waals surface area contributed by atoms with Crippen molar-refractivity contribution in [1.29, 1.82) is 0 Å². The SMILES string of the molecule is CCCCCCCCCCC(=O)c1ccoc1Cl. The van der Waals surface area contributed by atoms with Crippen LogP contribution in [-0.4, -0.2) is 5.78 Å². The van der Waals surface area contributed by atoms with Gasteiger partial charge in [-0.15, -0.1) is 0 Å². The Hall–Kier alpha value is -0.760. The summed E-state index contributed by atoms with van der Waals surface area (Å²) in [4.78, 5) is 11.8. The van der Waals surface area contributed by atoms with Gasteiger partial charge in [0.1, 0.15) is 0 Å². The van der Waals surface area contributed by atoms with Gasteiger partial charge in [-0.3, -0.25) is 4.79 Å². The fourth-order valence-corrected chi connectivity index (χ4v) is 2.27. The second-order valence-corrected chi connectivity index (χ2v) is 5.10. The Morgan fingerprint density at radius 2 is 1.72 bits per heavy atom. The van der Waals surface area contributed by atoms with E-state index in [1.54, 1.807) is 6.07 Å². The number of hydrogen-bond acceptors (Lipinski definition) is 2. The maximum absolute atomic E-state index is 11.8. The molecule has 0 N–H and O–H groups in total. The van der Waals surface area contributed by atoms with Crippen molar-refractivity contribution in [2.45, 2.75) is 64.7 Å². The monoisotopic (exact) mass is 270 g/mol. The molecule has 0 aromatic carbocycles. The van der Waals surface area contributed by atoms with Gasteiger partial charge in [-0.2, -0.15) is 0 Å². The highest BCUT2D eigenvalue weighted by Crippen LogP contribution is 2.19. The number of carbonyl (C=O) groups excluding carboxylic acids is 1. The average molecular weight is 271 g/mol. The van der Waals surface area contributed by atoms with E-state index in [0.29, 0.717) is 12.0 Å². The maximum Gasteiger partial charge on any atom is 0.203 e. The molecular formula is C15H23ClO2. The van der Waals surface area contributed by atoms with Crippen molar-refractivity contribution < 1.29 is 9.21 Å². The Bertz CT molecular complexity index is 344. The number of carbonyl (C=O) groups is 1. The molecule has 0 spiro atoms. The van der Waals surface area contributed by atoms with Crippen LogP contribution in [0.5, 0.6) is 0 Å². The molecule has 0 aliphatic heterocycles. The van der Waals surface area contributed by atoms with Crippen molar-refractivity contribution in [1.82, 2.24) is 0 Å². The second-order valence-electron chi connectivity index (χ2n) is 4.76. The van der Waals surface area contributed by atoms with Crippen LogP contribution in [0.25, 0.3) is 0 Å². The minimum Gasteiger partial charge on any atom is -0.452 e. The van der Waals surface area contributed by atoms with Crippen LogP contribution in [0.15, 0.2) is 16.7 Å². The molecule has 2 nitrogen and oxygen atoms in total. The Morgan fingerprint density at radius 1 is 1.11 bits per heavy atom. The first kappa shape index (κ1) is 15.3. The molecule has 0 aliphatic rings. The quantitative estimate of drug-likeness (QED) is 0.406. The van der Waals surface area contributed by atoms with Crippen LogP contribution in [0, 0.1) is 0 Å². The van der Waals surface area contributed by atoms with Gasteiger partial charge < -0.3 is 4.42 Å². The van der Waals surface area contributed by atoms with Crippen LogP contribution in [0.4, 0.5) is 0 Å². The van der Waals surface area contributed by atoms with Gasteiger partial charge >= 0.3 is 0 Å². The predicted octanol–water partition coefficient (Wildman–Crippen LogP) is 5.65. The first-order chi connectivity index (χ1) is 8.75. The number of furan rings is 1. The van der Waals surface area contributed by atoms with Gasteiger partial charge in [0.2, 0.25) is 5.22 Å². The van der Waals surface area contributed by atoms with Gasteiger partial charge in [0.15, 0.2) is 5.78 Å². The molecule has 0 bridgehead atoms. The first-order valence-corrected chi connectivity index (χ1v) is 7.39. The lowest BCUT2D eigenvalue weighted by Gasteiger charge is -2.01. The number of halogens is 1. The van der Waals surface area contributed by atoms with Crippen LogP contribution < -0.4 is 0 Å². The lowest BCUT2D eigenvalue weighted by atomic mass is 10.0. The third kappa shape index (κ3) is 5.72. The first-order valence-electron chi connectivity index (χ1n) is 7.02. The van der Waals surface area contributed by atoms with E-state index in [-0.39, 0.29) is 11.0 Å². The standard InChI is InChI=1S/C15H23ClO2/c1-2-3-4-5-6-7-8-9-10-14(17)13-11-12-18-15(13)16/h11-12H,2-10H2,1H3. The Morgan fingerprint density at radius 3 is 2.28 bits per heavy atom. The van der Waals surface area contributed by atoms with Gasteiger partial charge in [-0.25, -0.2) is 0 Å². The molecule has 0 atom stereocenters. The van der Waals surface area contributed by atoms with Gasteiger partial charge in [0.25, 0.3) is 0 Å². The predicted molar refractivity (Wildman–Crippen MR) is 75.3 cm³/mol. The number of rotatable bonds is 10. The van der Waals surface area contributed by atoms with E-state index in [1.807, 2.05) is 0 Å². The summed E-state index contributed by atoms with van der Waals surface area (Å²) in [6.07, 6.45) is 12.0. The Balaban J connectivity index is 2.01. The van der Waals surface area contributed by atoms with E-state index in [2.05, 4.69) is 6.92 Å². The summed E-state index contributed by atoms with van der Waals surface area (Å²) < 4.78 is 4.91. The molecule has 1 aromatic heterocycles. The van der Waals surface area contributed by atoms with Crippen molar-refractivity contribution in [3.05, 3.63) is 23.1 Å². The largest absolute Gasteiger partial charge is 0.452 e. The fourth-order valence-electron chi connectivity index (χ4n) is 2.05. The highest BCUT2D eigenvalue weighted by atomic mass is 35.5. The molecule has 1 aromatic rings. The van der Waals surface area contributed by atoms with Crippen molar-refractivity contribution in [3.63, 3.8) is 0 Å². The Kier molecular flexibility index (Phi) is 7.83. The van der Waals surface area contributed by atoms with E-state index < -0.39 is 0 Å². The van der Waals surface area contributed by atoms with Crippen LogP contribution in [0.2, 0.25) is 5.22 Å². The van der Waals surface area contributed by atoms with Crippen LogP contribution in [0.3, 0.4) is 0 Å². The lowest BCUT2D eigenvalue weighted by molar-refractivity contribution is 0.0978. The van der Waals surface area contributed by atoms with Crippen LogP contribution >= 0.6 is 11.6 Å². The zero-order valence-corrected chi connectivity index (χ0v) is 12.0. The number of unbranched alkanes of at least 4 members (excludes halogenated alkanes) is 7. The molecule has 102 valence electrons. The van der Waals surface area contributed by atoms with Crippen molar-refractivity contribution in [2.24, 2.45) is 0 Å². The molecular weight excluding hydrogens is 248 g/mol. The highest BCUT2D eigenvalue weighted by molar-refractivity contribution is 6.32. The highest BCUT2D eigenvalue weighted by Gasteiger charge is 2.11. The smallest absolute Gasteiger partial charge is 0.203 e. The topological polar surface area (TPSA) is 30.2 Å². The molecule has 0 aliphatic carbocycles. The summed E-state index contributed by atoms with van der Waals surface area (Å²) in [5, 5.41) is 0.222. The van der Waals surface area contributed by atoms with E-state index in [9.17, 15) is 4.79 Å². The lowest BCUT2D eigenvalue weighted by Crippen LogP contribution is -1.97. The third-order valence-corrected chi connectivity index (χ3v) is 3.47. The minimum atomic E-state index is 0.0970. The van der Waals surface area contributed by atoms with Crippen molar-refractivity contribution >= 4 is 17.4 Å². The fraction of sp³-hybridized carbons (Fsp3) is 0.667. The zero-order valence-electron chi connectivity index (χ0n) is 11.2. The van der Waals surface area contributed by atoms with E-state index in [0.717, 1.165) is 12.8 Å². The molecule has 0 saturated heterocycles. The molecule has 1 rings (SSSR count). The molecule has 0 radical (unpaired) electrons. The minimum absolute atomic E-state index is 0.0970. The number of Topliss-reactive ketones (excluding diaryl/α,β-unsaturated/α-hetero) is 1. The van der Waals surface area contributed by atoms with Crippen molar-refractivity contribution in [3.8, 4) is 0 Å². The summed E-state index contributed by atoms with van der Waals surface area (Å²) in [5.74, 6) is 0.0970. The van der Waals surface area contributed by atoms with E-state index in [1.165, 1.54) is 44.8 Å². The van der Waals surface area contributed by atoms with Gasteiger partial charge in [0.05, 0.1) is 11.8 Å². The van der Waals surface area contributed by atoms with E-state index >= 15 is 0 Å². The summed E-state index contributed by atoms with van der Waals surface area (Å²) in [5.41, 5.74) is 0.527. The molecule has 0 amide bonds. The molecule has 0 saturated carbocycles. The number of hydrogen-bond donors (Lipinski definition) is 0. The maximum atomic E-state index is 11.8. The summed E-state index contributed by atoms with van der Waals surface area (Å²) in [6.45, 7) is 2.23. The molecule has 18 heavy (non-hydrogen) atoms. The average Bonchev–Trinajstić information content (AvgIpc) is 2.79. The second kappa shape index (κ2) is 9.21. The van der Waals surface area contributed by atoms with E-state index in [4.69, 9.17) is 16.0 Å². The summed E-state index contributed by atoms with van der Waals surface area (Å²) >= 11 is 5.76. The molecule has 3 heteroatoms. The van der Waals surface area contributed by atoms with Crippen molar-refractivity contribution in [2.75, 3.05) is 0 Å². The summed E-state index contributed by atoms with van der Waals surface area (Å²) in [7, 11) is 0. The van der Waals surface area contributed by atoms with Gasteiger partial charge in [0, 0.05) is 6.42 Å². The molecule has 1 heterocycles. The Labute approximate surface area is 115 Å². The van der Waals surface area contributed by atoms with Gasteiger partial charge in [-0.05, 0) is 24.1 Å². The number of ketones is 1. The molecule has 0 fully saturated rings. The molecule has 0 unspecified atom stereocenters.